The summed E-state index contributed by atoms with van der Waals surface area (Å²) >= 11 is 3.38. The molecular formula is C16H20BrN3O2. The van der Waals surface area contributed by atoms with Crippen molar-refractivity contribution in [2.24, 2.45) is 5.41 Å². The lowest BCUT2D eigenvalue weighted by Gasteiger charge is -2.34. The number of hydrogen-bond donors (Lipinski definition) is 1. The highest BCUT2D eigenvalue weighted by molar-refractivity contribution is 9.10. The van der Waals surface area contributed by atoms with Crippen LogP contribution in [-0.4, -0.2) is 54.8 Å². The summed E-state index contributed by atoms with van der Waals surface area (Å²) in [7, 11) is 2.05. The monoisotopic (exact) mass is 365 g/mol. The third-order valence-corrected chi connectivity index (χ3v) is 4.96. The maximum Gasteiger partial charge on any atom is 0.240 e. The van der Waals surface area contributed by atoms with E-state index >= 15 is 0 Å². The molecule has 0 radical (unpaired) electrons. The quantitative estimate of drug-likeness (QED) is 0.832. The van der Waals surface area contributed by atoms with Gasteiger partial charge in [-0.05, 0) is 38.1 Å². The van der Waals surface area contributed by atoms with Crippen molar-refractivity contribution >= 4 is 33.4 Å². The van der Waals surface area contributed by atoms with Crippen LogP contribution in [0, 0.1) is 5.41 Å². The van der Waals surface area contributed by atoms with Crippen LogP contribution in [0.25, 0.3) is 0 Å². The van der Waals surface area contributed by atoms with Crippen molar-refractivity contribution in [3.8, 4) is 0 Å². The van der Waals surface area contributed by atoms with Crippen LogP contribution in [0.5, 0.6) is 0 Å². The third kappa shape index (κ3) is 3.03. The summed E-state index contributed by atoms with van der Waals surface area (Å²) in [5, 5.41) is 2.89. The van der Waals surface area contributed by atoms with Gasteiger partial charge in [-0.15, -0.1) is 0 Å². The van der Waals surface area contributed by atoms with E-state index in [1.165, 1.54) is 0 Å². The number of benzene rings is 1. The molecule has 1 N–H and O–H groups in total. The Morgan fingerprint density at radius 2 is 1.86 bits per heavy atom. The second-order valence-electron chi connectivity index (χ2n) is 6.14. The van der Waals surface area contributed by atoms with E-state index in [1.54, 1.807) is 0 Å². The highest BCUT2D eigenvalue weighted by Gasteiger charge is 2.58. The maximum atomic E-state index is 12.7. The van der Waals surface area contributed by atoms with Crippen molar-refractivity contribution < 1.29 is 9.59 Å². The smallest absolute Gasteiger partial charge is 0.240 e. The number of hydrogen-bond acceptors (Lipinski definition) is 3. The Balaban J connectivity index is 1.67. The molecule has 6 heteroatoms. The number of nitrogens with zero attached hydrogens (tertiary/aromatic N) is 2. The molecule has 3 rings (SSSR count). The first-order valence-electron chi connectivity index (χ1n) is 7.56. The van der Waals surface area contributed by atoms with Crippen LogP contribution in [0.4, 0.5) is 5.69 Å². The van der Waals surface area contributed by atoms with Gasteiger partial charge in [0.1, 0.15) is 5.41 Å². The van der Waals surface area contributed by atoms with Crippen LogP contribution in [-0.2, 0) is 9.59 Å². The van der Waals surface area contributed by atoms with Crippen LogP contribution < -0.4 is 5.32 Å². The molecule has 1 saturated carbocycles. The molecule has 0 spiro atoms. The molecule has 22 heavy (non-hydrogen) atoms. The summed E-state index contributed by atoms with van der Waals surface area (Å²) in [6.07, 6.45) is 1.30. The summed E-state index contributed by atoms with van der Waals surface area (Å²) < 4.78 is 0.903. The molecule has 1 aromatic rings. The van der Waals surface area contributed by atoms with Crippen molar-refractivity contribution in [2.45, 2.75) is 12.8 Å². The van der Waals surface area contributed by atoms with E-state index in [1.807, 2.05) is 29.2 Å². The van der Waals surface area contributed by atoms with Gasteiger partial charge in [0, 0.05) is 36.3 Å². The van der Waals surface area contributed by atoms with Crippen molar-refractivity contribution in [2.75, 3.05) is 38.5 Å². The Morgan fingerprint density at radius 3 is 2.45 bits per heavy atom. The average molecular weight is 366 g/mol. The molecular weight excluding hydrogens is 346 g/mol. The average Bonchev–Trinajstić information content (AvgIpc) is 3.29. The second kappa shape index (κ2) is 6.01. The van der Waals surface area contributed by atoms with E-state index in [-0.39, 0.29) is 11.8 Å². The van der Waals surface area contributed by atoms with Crippen LogP contribution in [0.3, 0.4) is 0 Å². The van der Waals surface area contributed by atoms with E-state index in [9.17, 15) is 9.59 Å². The van der Waals surface area contributed by atoms with E-state index in [0.29, 0.717) is 25.9 Å². The van der Waals surface area contributed by atoms with Crippen LogP contribution in [0.1, 0.15) is 12.8 Å². The van der Waals surface area contributed by atoms with E-state index in [4.69, 9.17) is 0 Å². The Hall–Kier alpha value is -1.40. The minimum absolute atomic E-state index is 0.00639. The molecule has 2 amide bonds. The van der Waals surface area contributed by atoms with Gasteiger partial charge in [0.15, 0.2) is 0 Å². The van der Waals surface area contributed by atoms with E-state index in [2.05, 4.69) is 33.2 Å². The molecule has 1 aromatic carbocycles. The number of anilines is 1. The summed E-state index contributed by atoms with van der Waals surface area (Å²) in [4.78, 5) is 29.3. The van der Waals surface area contributed by atoms with E-state index < -0.39 is 5.41 Å². The molecule has 0 aromatic heterocycles. The van der Waals surface area contributed by atoms with Gasteiger partial charge in [-0.2, -0.15) is 0 Å². The lowest BCUT2D eigenvalue weighted by molar-refractivity contribution is -0.143. The summed E-state index contributed by atoms with van der Waals surface area (Å²) in [5.41, 5.74) is -0.116. The molecule has 1 saturated heterocycles. The van der Waals surface area contributed by atoms with Gasteiger partial charge in [-0.3, -0.25) is 9.59 Å². The fourth-order valence-electron chi connectivity index (χ4n) is 2.79. The maximum absolute atomic E-state index is 12.7. The Morgan fingerprint density at radius 1 is 1.18 bits per heavy atom. The first kappa shape index (κ1) is 15.5. The minimum atomic E-state index is -0.835. The molecule has 1 heterocycles. The van der Waals surface area contributed by atoms with Crippen molar-refractivity contribution in [1.29, 1.82) is 0 Å². The van der Waals surface area contributed by atoms with E-state index in [0.717, 1.165) is 23.2 Å². The Bertz CT molecular complexity index is 593. The van der Waals surface area contributed by atoms with Crippen molar-refractivity contribution in [3.63, 3.8) is 0 Å². The highest BCUT2D eigenvalue weighted by Crippen LogP contribution is 2.48. The van der Waals surface area contributed by atoms with Crippen molar-refractivity contribution in [1.82, 2.24) is 9.80 Å². The number of piperazine rings is 1. The summed E-state index contributed by atoms with van der Waals surface area (Å²) in [5.74, 6) is -0.178. The van der Waals surface area contributed by atoms with Crippen molar-refractivity contribution in [3.05, 3.63) is 28.7 Å². The first-order valence-corrected chi connectivity index (χ1v) is 8.35. The standard InChI is InChI=1S/C16H20BrN3O2/c1-19-7-9-20(10-8-19)15(22)16(5-6-16)14(21)18-13-4-2-3-12(17)11-13/h2-4,11H,5-10H2,1H3,(H,18,21). The molecule has 5 nitrogen and oxygen atoms in total. The van der Waals surface area contributed by atoms with Crippen LogP contribution in [0.15, 0.2) is 28.7 Å². The topological polar surface area (TPSA) is 52.7 Å². The molecule has 2 aliphatic rings. The van der Waals surface area contributed by atoms with Gasteiger partial charge in [0.05, 0.1) is 0 Å². The van der Waals surface area contributed by atoms with Crippen LogP contribution in [0.2, 0.25) is 0 Å². The van der Waals surface area contributed by atoms with Gasteiger partial charge in [-0.25, -0.2) is 0 Å². The third-order valence-electron chi connectivity index (χ3n) is 4.47. The molecule has 1 aliphatic heterocycles. The molecule has 0 bridgehead atoms. The van der Waals surface area contributed by atoms with Gasteiger partial charge >= 0.3 is 0 Å². The van der Waals surface area contributed by atoms with Gasteiger partial charge < -0.3 is 15.1 Å². The number of rotatable bonds is 3. The Kier molecular flexibility index (Phi) is 4.23. The zero-order valence-corrected chi connectivity index (χ0v) is 14.2. The second-order valence-corrected chi connectivity index (χ2v) is 7.06. The number of carbonyl (C=O) groups excluding carboxylic acids is 2. The molecule has 0 unspecified atom stereocenters. The number of nitrogens with one attached hydrogen (secondary N) is 1. The largest absolute Gasteiger partial charge is 0.339 e. The number of likely N-dealkylation sites (N-methyl/N-ethyl adjacent to an activating group) is 1. The number of carbonyl (C=O) groups is 2. The predicted octanol–water partition coefficient (Wildman–Crippen LogP) is 1.94. The molecule has 118 valence electrons. The number of halogens is 1. The lowest BCUT2D eigenvalue weighted by atomic mass is 10.0. The molecule has 0 atom stereocenters. The lowest BCUT2D eigenvalue weighted by Crippen LogP contribution is -2.51. The predicted molar refractivity (Wildman–Crippen MR) is 88.5 cm³/mol. The molecule has 1 aliphatic carbocycles. The van der Waals surface area contributed by atoms with Crippen LogP contribution >= 0.6 is 15.9 Å². The zero-order chi connectivity index (χ0) is 15.7. The van der Waals surface area contributed by atoms with Gasteiger partial charge in [0.25, 0.3) is 0 Å². The summed E-state index contributed by atoms with van der Waals surface area (Å²) in [6, 6.07) is 7.44. The molecule has 2 fully saturated rings. The number of amides is 2. The normalized spacial score (nSPS) is 20.5. The fourth-order valence-corrected chi connectivity index (χ4v) is 3.19. The fraction of sp³-hybridized carbons (Fsp3) is 0.500. The van der Waals surface area contributed by atoms with Gasteiger partial charge in [-0.1, -0.05) is 22.0 Å². The Labute approximate surface area is 138 Å². The van der Waals surface area contributed by atoms with Gasteiger partial charge in [0.2, 0.25) is 11.8 Å². The first-order chi connectivity index (χ1) is 10.5. The zero-order valence-electron chi connectivity index (χ0n) is 12.6. The highest BCUT2D eigenvalue weighted by atomic mass is 79.9. The SMILES string of the molecule is CN1CCN(C(=O)C2(C(=O)Nc3cccc(Br)c3)CC2)CC1. The summed E-state index contributed by atoms with van der Waals surface area (Å²) in [6.45, 7) is 3.16. The minimum Gasteiger partial charge on any atom is -0.339 e.